The number of thioether (sulfide) groups is 1. The van der Waals surface area contributed by atoms with Gasteiger partial charge in [-0.3, -0.25) is 4.79 Å². The number of urea groups is 1. The van der Waals surface area contributed by atoms with E-state index in [0.717, 1.165) is 10.7 Å². The summed E-state index contributed by atoms with van der Waals surface area (Å²) in [4.78, 5) is 27.5. The fourth-order valence-electron chi connectivity index (χ4n) is 2.37. The van der Waals surface area contributed by atoms with Gasteiger partial charge in [-0.1, -0.05) is 34.8 Å². The van der Waals surface area contributed by atoms with Crippen molar-refractivity contribution in [2.45, 2.75) is 12.5 Å². The van der Waals surface area contributed by atoms with Crippen LogP contribution in [-0.4, -0.2) is 34.5 Å². The third-order valence-corrected chi connectivity index (χ3v) is 5.07. The van der Waals surface area contributed by atoms with Crippen molar-refractivity contribution in [3.05, 3.63) is 27.2 Å². The minimum Gasteiger partial charge on any atom is -0.303 e. The Labute approximate surface area is 134 Å². The van der Waals surface area contributed by atoms with Crippen LogP contribution >= 0.6 is 46.6 Å². The summed E-state index contributed by atoms with van der Waals surface area (Å²) in [6.07, 6.45) is 0.647. The zero-order chi connectivity index (χ0) is 14.4. The number of hydrogen-bond donors (Lipinski definition) is 0. The quantitative estimate of drug-likeness (QED) is 0.721. The van der Waals surface area contributed by atoms with E-state index >= 15 is 0 Å². The fourth-order valence-corrected chi connectivity index (χ4v) is 4.37. The maximum absolute atomic E-state index is 12.4. The normalized spacial score (nSPS) is 22.4. The second-order valence-corrected chi connectivity index (χ2v) is 6.81. The molecule has 20 heavy (non-hydrogen) atoms. The van der Waals surface area contributed by atoms with Gasteiger partial charge in [0.1, 0.15) is 6.04 Å². The largest absolute Gasteiger partial charge is 0.332 e. The van der Waals surface area contributed by atoms with Gasteiger partial charge in [-0.25, -0.2) is 9.69 Å². The molecular weight excluding hydrogens is 343 g/mol. The molecular formula is C12H9Cl3N2O2S. The minimum atomic E-state index is -0.411. The first-order valence-electron chi connectivity index (χ1n) is 5.87. The van der Waals surface area contributed by atoms with Crippen LogP contribution in [0.5, 0.6) is 0 Å². The summed E-state index contributed by atoms with van der Waals surface area (Å²) in [7, 11) is 0. The van der Waals surface area contributed by atoms with Gasteiger partial charge in [0.25, 0.3) is 5.91 Å². The number of anilines is 1. The lowest BCUT2D eigenvalue weighted by Gasteiger charge is -2.25. The van der Waals surface area contributed by atoms with Gasteiger partial charge in [0, 0.05) is 5.02 Å². The van der Waals surface area contributed by atoms with Crippen LogP contribution in [0, 0.1) is 0 Å². The van der Waals surface area contributed by atoms with Gasteiger partial charge in [-0.05, 0) is 24.3 Å². The van der Waals surface area contributed by atoms with E-state index in [1.54, 1.807) is 16.7 Å². The predicted molar refractivity (Wildman–Crippen MR) is 81.9 cm³/mol. The number of imide groups is 1. The number of halogens is 3. The van der Waals surface area contributed by atoms with Gasteiger partial charge in [0.05, 0.1) is 21.6 Å². The van der Waals surface area contributed by atoms with Gasteiger partial charge in [0.2, 0.25) is 0 Å². The Morgan fingerprint density at radius 1 is 1.15 bits per heavy atom. The maximum atomic E-state index is 12.4. The molecule has 0 saturated carbocycles. The van der Waals surface area contributed by atoms with E-state index < -0.39 is 6.04 Å². The fraction of sp³-hybridized carbons (Fsp3) is 0.333. The van der Waals surface area contributed by atoms with Gasteiger partial charge < -0.3 is 4.90 Å². The highest BCUT2D eigenvalue weighted by molar-refractivity contribution is 7.99. The van der Waals surface area contributed by atoms with E-state index in [4.69, 9.17) is 34.8 Å². The van der Waals surface area contributed by atoms with E-state index in [9.17, 15) is 9.59 Å². The molecule has 0 bridgehead atoms. The molecule has 8 heteroatoms. The first-order chi connectivity index (χ1) is 9.50. The van der Waals surface area contributed by atoms with Gasteiger partial charge >= 0.3 is 6.03 Å². The zero-order valence-corrected chi connectivity index (χ0v) is 13.2. The summed E-state index contributed by atoms with van der Waals surface area (Å²) >= 11 is 19.7. The highest BCUT2D eigenvalue weighted by Gasteiger charge is 2.48. The van der Waals surface area contributed by atoms with Crippen LogP contribution in [0.1, 0.15) is 6.42 Å². The number of rotatable bonds is 1. The Balaban J connectivity index is 2.06. The monoisotopic (exact) mass is 350 g/mol. The SMILES string of the molecule is O=C1C2CCSCN2C(=O)N1c1c(Cl)cc(Cl)cc1Cl. The molecule has 0 aliphatic carbocycles. The summed E-state index contributed by atoms with van der Waals surface area (Å²) in [5.74, 6) is 1.09. The Morgan fingerprint density at radius 2 is 1.80 bits per heavy atom. The van der Waals surface area contributed by atoms with Crippen molar-refractivity contribution >= 4 is 64.2 Å². The Morgan fingerprint density at radius 3 is 2.40 bits per heavy atom. The van der Waals surface area contributed by atoms with Crippen LogP contribution in [0.2, 0.25) is 15.1 Å². The van der Waals surface area contributed by atoms with Crippen LogP contribution in [0.4, 0.5) is 10.5 Å². The Hall–Kier alpha value is -0.620. The average molecular weight is 352 g/mol. The average Bonchev–Trinajstić information content (AvgIpc) is 2.64. The van der Waals surface area contributed by atoms with E-state index in [1.807, 2.05) is 0 Å². The molecule has 3 rings (SSSR count). The molecule has 0 spiro atoms. The van der Waals surface area contributed by atoms with Gasteiger partial charge in [-0.2, -0.15) is 0 Å². The Bertz CT molecular complexity index is 563. The second-order valence-electron chi connectivity index (χ2n) is 4.49. The number of hydrogen-bond acceptors (Lipinski definition) is 3. The van der Waals surface area contributed by atoms with Crippen molar-refractivity contribution in [3.8, 4) is 0 Å². The summed E-state index contributed by atoms with van der Waals surface area (Å²) < 4.78 is 0. The van der Waals surface area contributed by atoms with E-state index in [2.05, 4.69) is 0 Å². The van der Waals surface area contributed by atoms with Crippen LogP contribution in [-0.2, 0) is 4.79 Å². The molecule has 1 atom stereocenters. The van der Waals surface area contributed by atoms with Crippen molar-refractivity contribution in [1.82, 2.24) is 4.90 Å². The Kier molecular flexibility index (Phi) is 3.79. The standard InChI is InChI=1S/C12H9Cl3N2O2S/c13-6-3-7(14)10(8(15)4-6)17-11(18)9-1-2-20-5-16(9)12(17)19/h3-4,9H,1-2,5H2. The lowest BCUT2D eigenvalue weighted by atomic mass is 10.2. The molecule has 2 fully saturated rings. The lowest BCUT2D eigenvalue weighted by Crippen LogP contribution is -2.38. The molecule has 2 heterocycles. The summed E-state index contributed by atoms with van der Waals surface area (Å²) in [5, 5.41) is 0.740. The number of nitrogens with zero attached hydrogens (tertiary/aromatic N) is 2. The first kappa shape index (κ1) is 14.3. The second kappa shape index (κ2) is 5.30. The molecule has 0 radical (unpaired) electrons. The summed E-state index contributed by atoms with van der Waals surface area (Å²) in [5.41, 5.74) is 0.215. The van der Waals surface area contributed by atoms with E-state index in [-0.39, 0.29) is 27.7 Å². The summed E-state index contributed by atoms with van der Waals surface area (Å²) in [6.45, 7) is 0. The lowest BCUT2D eigenvalue weighted by molar-refractivity contribution is -0.119. The van der Waals surface area contributed by atoms with Crippen molar-refractivity contribution < 1.29 is 9.59 Å². The van der Waals surface area contributed by atoms with Crippen LogP contribution in [0.25, 0.3) is 0 Å². The molecule has 106 valence electrons. The molecule has 2 saturated heterocycles. The summed E-state index contributed by atoms with van der Waals surface area (Å²) in [6, 6.07) is 2.15. The van der Waals surface area contributed by atoms with E-state index in [1.165, 1.54) is 12.1 Å². The predicted octanol–water partition coefficient (Wildman–Crippen LogP) is 3.88. The first-order valence-corrected chi connectivity index (χ1v) is 8.16. The molecule has 2 aliphatic rings. The zero-order valence-electron chi connectivity index (χ0n) is 10.1. The van der Waals surface area contributed by atoms with Gasteiger partial charge in [0.15, 0.2) is 0 Å². The molecule has 0 N–H and O–H groups in total. The van der Waals surface area contributed by atoms with Crippen molar-refractivity contribution in [1.29, 1.82) is 0 Å². The van der Waals surface area contributed by atoms with Crippen LogP contribution in [0.3, 0.4) is 0 Å². The minimum absolute atomic E-state index is 0.191. The molecule has 2 aliphatic heterocycles. The number of carbonyl (C=O) groups excluding carboxylic acids is 2. The highest BCUT2D eigenvalue weighted by Crippen LogP contribution is 2.41. The molecule has 1 aromatic rings. The highest BCUT2D eigenvalue weighted by atomic mass is 35.5. The van der Waals surface area contributed by atoms with E-state index in [0.29, 0.717) is 17.3 Å². The number of amides is 3. The topological polar surface area (TPSA) is 40.6 Å². The maximum Gasteiger partial charge on any atom is 0.332 e. The third-order valence-electron chi connectivity index (χ3n) is 3.29. The van der Waals surface area contributed by atoms with Crippen LogP contribution < -0.4 is 4.90 Å². The van der Waals surface area contributed by atoms with Crippen LogP contribution in [0.15, 0.2) is 12.1 Å². The molecule has 4 nitrogen and oxygen atoms in total. The number of fused-ring (bicyclic) bond motifs is 1. The molecule has 0 aromatic heterocycles. The van der Waals surface area contributed by atoms with Gasteiger partial charge in [-0.15, -0.1) is 11.8 Å². The third kappa shape index (κ3) is 2.17. The van der Waals surface area contributed by atoms with Crippen molar-refractivity contribution in [2.24, 2.45) is 0 Å². The molecule has 3 amide bonds. The van der Waals surface area contributed by atoms with Crippen molar-refractivity contribution in [2.75, 3.05) is 16.5 Å². The number of benzene rings is 1. The molecule has 1 aromatic carbocycles. The van der Waals surface area contributed by atoms with Crippen molar-refractivity contribution in [3.63, 3.8) is 0 Å². The smallest absolute Gasteiger partial charge is 0.303 e. The number of carbonyl (C=O) groups is 2. The molecule has 1 unspecified atom stereocenters.